The molecule has 0 atom stereocenters. The van der Waals surface area contributed by atoms with Crippen LogP contribution >= 0.6 is 0 Å². The van der Waals surface area contributed by atoms with Crippen LogP contribution in [0.25, 0.3) is 0 Å². The van der Waals surface area contributed by atoms with E-state index in [0.29, 0.717) is 0 Å². The van der Waals surface area contributed by atoms with Crippen molar-refractivity contribution < 1.29 is 0 Å². The van der Waals surface area contributed by atoms with Crippen molar-refractivity contribution in [2.24, 2.45) is 0 Å². The van der Waals surface area contributed by atoms with Gasteiger partial charge in [-0.25, -0.2) is 0 Å². The largest absolute Gasteiger partial charge is 0.311 e. The summed E-state index contributed by atoms with van der Waals surface area (Å²) in [5, 5.41) is 0. The molecule has 0 amide bonds. The highest BCUT2D eigenvalue weighted by Gasteiger charge is 2.15. The van der Waals surface area contributed by atoms with E-state index in [0.717, 1.165) is 47.7 Å². The van der Waals surface area contributed by atoms with E-state index >= 15 is 0 Å². The molecule has 37 heavy (non-hydrogen) atoms. The number of rotatable bonds is 9. The Morgan fingerprint density at radius 2 is 0.703 bits per heavy atom. The number of benzene rings is 5. The van der Waals surface area contributed by atoms with Crippen molar-refractivity contribution in [3.8, 4) is 0 Å². The van der Waals surface area contributed by atoms with Gasteiger partial charge in [-0.15, -0.1) is 0 Å². The van der Waals surface area contributed by atoms with E-state index < -0.39 is 0 Å². The standard InChI is InChI=1S/C35H34N2/c1-3-11-29-18-22-33(23-19-29)37(32-20-16-28(4-2)17-21-32)35-26-24-34(25-27-35)36(30-12-7-5-8-13-30)31-14-9-6-10-15-31/h5-10,12-27H,3-4,11H2,1-2H3. The molecule has 2 nitrogen and oxygen atoms in total. The first-order chi connectivity index (χ1) is 18.3. The zero-order valence-corrected chi connectivity index (χ0v) is 21.7. The van der Waals surface area contributed by atoms with E-state index in [2.05, 4.69) is 157 Å². The second-order valence-electron chi connectivity index (χ2n) is 9.29. The van der Waals surface area contributed by atoms with Gasteiger partial charge in [0, 0.05) is 34.1 Å². The van der Waals surface area contributed by atoms with Crippen LogP contribution in [0.3, 0.4) is 0 Å². The Labute approximate surface area is 221 Å². The fourth-order valence-corrected chi connectivity index (χ4v) is 4.78. The van der Waals surface area contributed by atoms with Gasteiger partial charge in [0.15, 0.2) is 0 Å². The lowest BCUT2D eigenvalue weighted by Gasteiger charge is -2.28. The molecule has 0 aliphatic carbocycles. The topological polar surface area (TPSA) is 6.48 Å². The monoisotopic (exact) mass is 482 g/mol. The van der Waals surface area contributed by atoms with Crippen LogP contribution in [0, 0.1) is 0 Å². The van der Waals surface area contributed by atoms with Crippen molar-refractivity contribution >= 4 is 34.1 Å². The first-order valence-electron chi connectivity index (χ1n) is 13.2. The second-order valence-corrected chi connectivity index (χ2v) is 9.29. The molecule has 0 spiro atoms. The van der Waals surface area contributed by atoms with Crippen LogP contribution in [0.2, 0.25) is 0 Å². The Balaban J connectivity index is 1.55. The average Bonchev–Trinajstić information content (AvgIpc) is 2.97. The molecule has 0 bridgehead atoms. The normalized spacial score (nSPS) is 10.8. The Kier molecular flexibility index (Phi) is 7.66. The Bertz CT molecular complexity index is 1340. The summed E-state index contributed by atoms with van der Waals surface area (Å²) in [5.41, 5.74) is 9.59. The van der Waals surface area contributed by atoms with Gasteiger partial charge in [0.05, 0.1) is 0 Å². The maximum Gasteiger partial charge on any atom is 0.0463 e. The van der Waals surface area contributed by atoms with Crippen molar-refractivity contribution in [3.05, 3.63) is 145 Å². The lowest BCUT2D eigenvalue weighted by Crippen LogP contribution is -2.12. The minimum atomic E-state index is 1.04. The molecule has 5 rings (SSSR count). The first kappa shape index (κ1) is 24.4. The lowest BCUT2D eigenvalue weighted by atomic mass is 10.1. The van der Waals surface area contributed by atoms with E-state index in [1.807, 2.05) is 0 Å². The fourth-order valence-electron chi connectivity index (χ4n) is 4.78. The Hall–Kier alpha value is -4.30. The van der Waals surface area contributed by atoms with Gasteiger partial charge in [-0.2, -0.15) is 0 Å². The predicted octanol–water partition coefficient (Wildman–Crippen LogP) is 10.1. The quantitative estimate of drug-likeness (QED) is 0.206. The first-order valence-corrected chi connectivity index (χ1v) is 13.2. The number of para-hydroxylation sites is 2. The SMILES string of the molecule is CCCc1ccc(N(c2ccc(CC)cc2)c2ccc(N(c3ccccc3)c3ccccc3)cc2)cc1. The van der Waals surface area contributed by atoms with Crippen LogP contribution in [-0.4, -0.2) is 0 Å². The average molecular weight is 483 g/mol. The molecule has 0 radical (unpaired) electrons. The predicted molar refractivity (Wildman–Crippen MR) is 159 cm³/mol. The molecule has 0 aliphatic rings. The maximum atomic E-state index is 2.34. The van der Waals surface area contributed by atoms with E-state index in [1.165, 1.54) is 16.8 Å². The molecule has 0 saturated carbocycles. The molecular weight excluding hydrogens is 448 g/mol. The number of hydrogen-bond acceptors (Lipinski definition) is 2. The summed E-state index contributed by atoms with van der Waals surface area (Å²) in [6.45, 7) is 4.43. The molecule has 0 fully saturated rings. The summed E-state index contributed by atoms with van der Waals surface area (Å²) in [6.07, 6.45) is 3.30. The maximum absolute atomic E-state index is 2.34. The number of hydrogen-bond donors (Lipinski definition) is 0. The van der Waals surface area contributed by atoms with Crippen molar-refractivity contribution in [3.63, 3.8) is 0 Å². The van der Waals surface area contributed by atoms with Crippen molar-refractivity contribution in [2.45, 2.75) is 33.1 Å². The molecule has 2 heteroatoms. The minimum absolute atomic E-state index is 1.04. The highest BCUT2D eigenvalue weighted by atomic mass is 15.2. The van der Waals surface area contributed by atoms with Gasteiger partial charge >= 0.3 is 0 Å². The summed E-state index contributed by atoms with van der Waals surface area (Å²) in [7, 11) is 0. The van der Waals surface area contributed by atoms with Crippen LogP contribution in [-0.2, 0) is 12.8 Å². The van der Waals surface area contributed by atoms with Crippen LogP contribution in [0.4, 0.5) is 34.1 Å². The zero-order chi connectivity index (χ0) is 25.5. The van der Waals surface area contributed by atoms with Crippen LogP contribution in [0.1, 0.15) is 31.4 Å². The smallest absolute Gasteiger partial charge is 0.0463 e. The second kappa shape index (κ2) is 11.6. The number of anilines is 6. The Morgan fingerprint density at radius 1 is 0.378 bits per heavy atom. The van der Waals surface area contributed by atoms with E-state index in [1.54, 1.807) is 0 Å². The van der Waals surface area contributed by atoms with E-state index in [9.17, 15) is 0 Å². The molecule has 0 aromatic heterocycles. The molecule has 184 valence electrons. The number of nitrogens with zero attached hydrogens (tertiary/aromatic N) is 2. The van der Waals surface area contributed by atoms with Gasteiger partial charge in [0.25, 0.3) is 0 Å². The highest BCUT2D eigenvalue weighted by molar-refractivity contribution is 5.81. The zero-order valence-electron chi connectivity index (χ0n) is 21.7. The van der Waals surface area contributed by atoms with Gasteiger partial charge in [-0.1, -0.05) is 80.9 Å². The van der Waals surface area contributed by atoms with Gasteiger partial charge < -0.3 is 9.80 Å². The molecule has 5 aromatic carbocycles. The van der Waals surface area contributed by atoms with Gasteiger partial charge in [-0.05, 0) is 96.8 Å². The fraction of sp³-hybridized carbons (Fsp3) is 0.143. The third-order valence-corrected chi connectivity index (χ3v) is 6.73. The molecule has 5 aromatic rings. The van der Waals surface area contributed by atoms with E-state index in [4.69, 9.17) is 0 Å². The molecule has 0 N–H and O–H groups in total. The molecule has 0 aliphatic heterocycles. The van der Waals surface area contributed by atoms with Crippen LogP contribution in [0.5, 0.6) is 0 Å². The van der Waals surface area contributed by atoms with Crippen molar-refractivity contribution in [2.75, 3.05) is 9.80 Å². The third kappa shape index (κ3) is 5.59. The molecule has 0 heterocycles. The summed E-state index contributed by atoms with van der Waals surface area (Å²) in [6, 6.07) is 47.9. The van der Waals surface area contributed by atoms with E-state index in [-0.39, 0.29) is 0 Å². The van der Waals surface area contributed by atoms with Gasteiger partial charge in [0.2, 0.25) is 0 Å². The summed E-state index contributed by atoms with van der Waals surface area (Å²) in [5.74, 6) is 0. The minimum Gasteiger partial charge on any atom is -0.311 e. The van der Waals surface area contributed by atoms with Crippen LogP contribution < -0.4 is 9.80 Å². The summed E-state index contributed by atoms with van der Waals surface area (Å²) >= 11 is 0. The van der Waals surface area contributed by atoms with Crippen LogP contribution in [0.15, 0.2) is 133 Å². The van der Waals surface area contributed by atoms with Gasteiger partial charge in [0.1, 0.15) is 0 Å². The molecular formula is C35H34N2. The molecule has 0 saturated heterocycles. The summed E-state index contributed by atoms with van der Waals surface area (Å²) < 4.78 is 0. The van der Waals surface area contributed by atoms with Crippen molar-refractivity contribution in [1.29, 1.82) is 0 Å². The highest BCUT2D eigenvalue weighted by Crippen LogP contribution is 2.39. The van der Waals surface area contributed by atoms with Crippen molar-refractivity contribution in [1.82, 2.24) is 0 Å². The summed E-state index contributed by atoms with van der Waals surface area (Å²) in [4.78, 5) is 4.64. The lowest BCUT2D eigenvalue weighted by molar-refractivity contribution is 0.922. The Morgan fingerprint density at radius 3 is 1.05 bits per heavy atom. The third-order valence-electron chi connectivity index (χ3n) is 6.73. The molecule has 0 unspecified atom stereocenters. The van der Waals surface area contributed by atoms with Gasteiger partial charge in [-0.3, -0.25) is 0 Å². The number of aryl methyl sites for hydroxylation is 2.